The maximum atomic E-state index is 15.5. The van der Waals surface area contributed by atoms with Gasteiger partial charge in [-0.2, -0.15) is 14.9 Å². The van der Waals surface area contributed by atoms with Crippen LogP contribution >= 0.6 is 0 Å². The van der Waals surface area contributed by atoms with Crippen molar-refractivity contribution in [3.05, 3.63) is 104 Å². The fourth-order valence-electron chi connectivity index (χ4n) is 6.45. The van der Waals surface area contributed by atoms with Gasteiger partial charge in [0.1, 0.15) is 23.9 Å². The maximum absolute atomic E-state index is 15.5. The number of esters is 1. The van der Waals surface area contributed by atoms with Gasteiger partial charge in [-0.3, -0.25) is 14.4 Å². The highest BCUT2D eigenvalue weighted by molar-refractivity contribution is 5.83. The van der Waals surface area contributed by atoms with E-state index in [2.05, 4.69) is 38.4 Å². The van der Waals surface area contributed by atoms with E-state index in [0.29, 0.717) is 33.9 Å². The molecule has 6 rings (SSSR count). The molecule has 1 N–H and O–H groups in total. The number of piperidine rings is 1. The molecule has 1 saturated heterocycles. The van der Waals surface area contributed by atoms with E-state index in [1.54, 1.807) is 30.3 Å². The number of aryl methyl sites for hydroxylation is 1. The Morgan fingerprint density at radius 3 is 2.46 bits per heavy atom. The Morgan fingerprint density at radius 2 is 1.80 bits per heavy atom. The van der Waals surface area contributed by atoms with Crippen molar-refractivity contribution >= 4 is 28.2 Å². The molecule has 0 spiro atoms. The van der Waals surface area contributed by atoms with E-state index in [1.165, 1.54) is 36.5 Å². The zero-order valence-corrected chi connectivity index (χ0v) is 29.3. The summed E-state index contributed by atoms with van der Waals surface area (Å²) in [6.45, 7) is 12.3. The van der Waals surface area contributed by atoms with Crippen LogP contribution in [0.1, 0.15) is 70.1 Å². The summed E-state index contributed by atoms with van der Waals surface area (Å²) in [5.41, 5.74) is 2.31. The number of fused-ring (bicyclic) bond motifs is 1. The third-order valence-electron chi connectivity index (χ3n) is 9.40. The van der Waals surface area contributed by atoms with Crippen LogP contribution in [0.5, 0.6) is 0 Å². The number of carbonyl (C=O) groups excluding carboxylic acids is 1. The highest BCUT2D eigenvalue weighted by Crippen LogP contribution is 2.31. The fourth-order valence-corrected chi connectivity index (χ4v) is 6.45. The molecule has 0 aliphatic carbocycles. The Kier molecular flexibility index (Phi) is 9.66. The minimum Gasteiger partial charge on any atom is -0.461 e. The van der Waals surface area contributed by atoms with Crippen LogP contribution in [0.25, 0.3) is 27.7 Å². The van der Waals surface area contributed by atoms with Gasteiger partial charge in [-0.05, 0) is 85.3 Å². The summed E-state index contributed by atoms with van der Waals surface area (Å²) < 4.78 is 23.3. The highest BCUT2D eigenvalue weighted by atomic mass is 19.1. The lowest BCUT2D eigenvalue weighted by Gasteiger charge is -2.31. The number of hydrogen-bond acceptors (Lipinski definition) is 9. The van der Waals surface area contributed by atoms with Crippen LogP contribution in [0.4, 0.5) is 15.9 Å². The highest BCUT2D eigenvalue weighted by Gasteiger charge is 2.23. The van der Waals surface area contributed by atoms with Crippen LogP contribution in [-0.4, -0.2) is 55.0 Å². The molecule has 0 radical (unpaired) electrons. The van der Waals surface area contributed by atoms with E-state index in [1.807, 2.05) is 33.0 Å². The number of hydrogen-bond donors (Lipinski definition) is 1. The SMILES string of the molecule is CCN1CCC(c2ccc(Nc3cc(-c4cccc(-n5ncc6cc(C(C)(C)C)cc(F)c6c5=O)c4COC(C)=O)nn(C)c3=O)nc2)CC1. The third-order valence-corrected chi connectivity index (χ3v) is 9.40. The van der Waals surface area contributed by atoms with Gasteiger partial charge >= 0.3 is 5.97 Å². The Bertz CT molecular complexity index is 2180. The fraction of sp³-hybridized carbons (Fsp3) is 0.368. The maximum Gasteiger partial charge on any atom is 0.302 e. The number of likely N-dealkylation sites (tertiary alicyclic amines) is 1. The quantitative estimate of drug-likeness (QED) is 0.197. The number of pyridine rings is 1. The van der Waals surface area contributed by atoms with Gasteiger partial charge in [0.25, 0.3) is 11.1 Å². The molecule has 1 aliphatic heterocycles. The molecule has 0 atom stereocenters. The molecule has 5 aromatic rings. The van der Waals surface area contributed by atoms with Gasteiger partial charge in [-0.1, -0.05) is 45.9 Å². The number of benzene rings is 2. The largest absolute Gasteiger partial charge is 0.461 e. The van der Waals surface area contributed by atoms with Crippen LogP contribution in [0, 0.1) is 5.82 Å². The van der Waals surface area contributed by atoms with Crippen molar-refractivity contribution in [2.24, 2.45) is 7.05 Å². The molecule has 3 aromatic heterocycles. The first-order valence-corrected chi connectivity index (χ1v) is 16.9. The van der Waals surface area contributed by atoms with Gasteiger partial charge in [0.2, 0.25) is 0 Å². The number of aromatic nitrogens is 5. The van der Waals surface area contributed by atoms with E-state index >= 15 is 4.39 Å². The van der Waals surface area contributed by atoms with E-state index in [0.717, 1.165) is 42.7 Å². The Labute approximate surface area is 289 Å². The molecule has 11 nitrogen and oxygen atoms in total. The van der Waals surface area contributed by atoms with Crippen molar-refractivity contribution in [1.82, 2.24) is 29.4 Å². The molecule has 50 heavy (non-hydrogen) atoms. The first-order chi connectivity index (χ1) is 23.8. The van der Waals surface area contributed by atoms with Crippen LogP contribution in [0.3, 0.4) is 0 Å². The molecule has 4 heterocycles. The average Bonchev–Trinajstić information content (AvgIpc) is 3.09. The second kappa shape index (κ2) is 13.9. The normalized spacial score (nSPS) is 14.2. The molecule has 0 bridgehead atoms. The smallest absolute Gasteiger partial charge is 0.302 e. The number of halogens is 1. The second-order valence-electron chi connectivity index (χ2n) is 13.8. The zero-order valence-electron chi connectivity index (χ0n) is 29.3. The Balaban J connectivity index is 1.39. The number of ether oxygens (including phenoxy) is 1. The summed E-state index contributed by atoms with van der Waals surface area (Å²) in [6.07, 6.45) is 5.48. The number of carbonyl (C=O) groups is 1. The minimum atomic E-state index is -0.664. The summed E-state index contributed by atoms with van der Waals surface area (Å²) in [5, 5.41) is 12.4. The van der Waals surface area contributed by atoms with E-state index in [9.17, 15) is 14.4 Å². The topological polar surface area (TPSA) is 124 Å². The molecule has 0 unspecified atom stereocenters. The van der Waals surface area contributed by atoms with Gasteiger partial charge in [0, 0.05) is 36.7 Å². The van der Waals surface area contributed by atoms with Crippen LogP contribution in [0.15, 0.2) is 70.5 Å². The van der Waals surface area contributed by atoms with E-state index < -0.39 is 17.3 Å². The summed E-state index contributed by atoms with van der Waals surface area (Å²) >= 11 is 0. The monoisotopic (exact) mass is 679 g/mol. The van der Waals surface area contributed by atoms with Crippen LogP contribution < -0.4 is 16.4 Å². The predicted molar refractivity (Wildman–Crippen MR) is 192 cm³/mol. The van der Waals surface area contributed by atoms with E-state index in [4.69, 9.17) is 4.74 Å². The number of nitrogens with zero attached hydrogens (tertiary/aromatic N) is 6. The minimum absolute atomic E-state index is 0.103. The first kappa shape index (κ1) is 34.6. The second-order valence-corrected chi connectivity index (χ2v) is 13.8. The van der Waals surface area contributed by atoms with Gasteiger partial charge in [0.15, 0.2) is 0 Å². The standard InChI is InChI=1S/C38H42FN7O4/c1-7-45-15-13-24(14-16-45)25-11-12-34(40-20-25)42-32-19-31(43-44(6)36(32)48)28-9-8-10-33(29(28)22-50-23(2)47)46-37(49)35-26(21-41-46)17-27(18-30(35)39)38(3,4)5/h8-12,17-21,24H,7,13-16,22H2,1-6H3,(H,40,42). The van der Waals surface area contributed by atoms with Gasteiger partial charge in [-0.15, -0.1) is 0 Å². The molecule has 12 heteroatoms. The molecule has 0 saturated carbocycles. The van der Waals surface area contributed by atoms with Crippen molar-refractivity contribution < 1.29 is 13.9 Å². The average molecular weight is 680 g/mol. The summed E-state index contributed by atoms with van der Waals surface area (Å²) in [7, 11) is 1.54. The van der Waals surface area contributed by atoms with Crippen molar-refractivity contribution in [1.29, 1.82) is 0 Å². The molecule has 1 aliphatic rings. The van der Waals surface area contributed by atoms with Crippen molar-refractivity contribution in [3.8, 4) is 16.9 Å². The lowest BCUT2D eigenvalue weighted by atomic mass is 9.86. The zero-order chi connectivity index (χ0) is 35.7. The predicted octanol–water partition coefficient (Wildman–Crippen LogP) is 5.98. The Morgan fingerprint density at radius 1 is 1.04 bits per heavy atom. The molecule has 2 aromatic carbocycles. The van der Waals surface area contributed by atoms with Crippen molar-refractivity contribution in [2.45, 2.75) is 65.4 Å². The van der Waals surface area contributed by atoms with Gasteiger partial charge in [0.05, 0.1) is 23.0 Å². The number of anilines is 2. The van der Waals surface area contributed by atoms with Gasteiger partial charge in [-0.25, -0.2) is 14.1 Å². The summed E-state index contributed by atoms with van der Waals surface area (Å²) in [5.74, 6) is -0.229. The first-order valence-electron chi connectivity index (χ1n) is 16.9. The Hall–Kier alpha value is -5.23. The molecular weight excluding hydrogens is 637 g/mol. The van der Waals surface area contributed by atoms with Crippen LogP contribution in [0.2, 0.25) is 0 Å². The summed E-state index contributed by atoms with van der Waals surface area (Å²) in [6, 6.07) is 13.8. The lowest BCUT2D eigenvalue weighted by Crippen LogP contribution is -2.32. The third kappa shape index (κ3) is 7.07. The molecule has 0 amide bonds. The molecular formula is C38H42FN7O4. The van der Waals surface area contributed by atoms with Gasteiger partial charge < -0.3 is 15.0 Å². The molecule has 260 valence electrons. The molecule has 1 fully saturated rings. The number of rotatable bonds is 8. The van der Waals surface area contributed by atoms with Crippen molar-refractivity contribution in [3.63, 3.8) is 0 Å². The summed E-state index contributed by atoms with van der Waals surface area (Å²) in [4.78, 5) is 46.1. The van der Waals surface area contributed by atoms with E-state index in [-0.39, 0.29) is 34.3 Å². The number of nitrogens with one attached hydrogen (secondary N) is 1. The van der Waals surface area contributed by atoms with Crippen molar-refractivity contribution in [2.75, 3.05) is 25.0 Å². The lowest BCUT2D eigenvalue weighted by molar-refractivity contribution is -0.142. The van der Waals surface area contributed by atoms with Crippen LogP contribution in [-0.2, 0) is 28.6 Å².